The number of hydrogen-bond donors (Lipinski definition) is 0. The van der Waals surface area contributed by atoms with Gasteiger partial charge in [0.25, 0.3) is 11.8 Å². The predicted molar refractivity (Wildman–Crippen MR) is 71.9 cm³/mol. The normalized spacial score (nSPS) is 20.1. The molecule has 2 aliphatic heterocycles. The van der Waals surface area contributed by atoms with Crippen molar-refractivity contribution in [3.63, 3.8) is 0 Å². The zero-order chi connectivity index (χ0) is 13.6. The summed E-state index contributed by atoms with van der Waals surface area (Å²) in [4.78, 5) is 24.8. The minimum absolute atomic E-state index is 0.222. The molecule has 2 heterocycles. The number of nitrogens with zero attached hydrogens (tertiary/aromatic N) is 2. The first-order chi connectivity index (χ1) is 9.11. The Morgan fingerprint density at radius 2 is 1.42 bits per heavy atom. The molecule has 0 spiro atoms. The predicted octanol–water partition coefficient (Wildman–Crippen LogP) is 2.46. The average Bonchev–Trinajstić information content (AvgIpc) is 2.64. The maximum Gasteiger partial charge on any atom is 0.258 e. The molecule has 2 saturated heterocycles. The number of rotatable bonds is 1. The number of hydrazine groups is 1. The summed E-state index contributed by atoms with van der Waals surface area (Å²) < 4.78 is 0. The van der Waals surface area contributed by atoms with Crippen LogP contribution < -0.4 is 0 Å². The van der Waals surface area contributed by atoms with Crippen molar-refractivity contribution in [3.05, 3.63) is 33.8 Å². The quantitative estimate of drug-likeness (QED) is 0.747. The fourth-order valence-corrected chi connectivity index (χ4v) is 3.28. The van der Waals surface area contributed by atoms with Gasteiger partial charge in [-0.2, -0.15) is 0 Å². The number of carbonyl (C=O) groups excluding carboxylic acids is 2. The number of amides is 2. The van der Waals surface area contributed by atoms with E-state index in [4.69, 9.17) is 23.2 Å². The first-order valence-corrected chi connectivity index (χ1v) is 6.93. The monoisotopic (exact) mass is 298 g/mol. The van der Waals surface area contributed by atoms with Gasteiger partial charge in [0, 0.05) is 28.7 Å². The maximum atomic E-state index is 12.4. The molecule has 0 aliphatic carbocycles. The highest BCUT2D eigenvalue weighted by Crippen LogP contribution is 2.38. The first-order valence-electron chi connectivity index (χ1n) is 6.18. The molecule has 2 aliphatic rings. The highest BCUT2D eigenvalue weighted by molar-refractivity contribution is 6.37. The van der Waals surface area contributed by atoms with E-state index in [1.54, 1.807) is 18.2 Å². The Balaban J connectivity index is 2.06. The van der Waals surface area contributed by atoms with Crippen LogP contribution in [0.2, 0.25) is 10.0 Å². The van der Waals surface area contributed by atoms with E-state index in [9.17, 15) is 9.59 Å². The van der Waals surface area contributed by atoms with Crippen LogP contribution in [0.4, 0.5) is 0 Å². The standard InChI is InChI=1S/C13H12Cl2N2O2/c14-8-4-3-5-9(15)10(8)11-12(18)16-6-1-2-7-17(16)13(11)19/h3-5,11H,1-2,6-7H2. The van der Waals surface area contributed by atoms with E-state index in [2.05, 4.69) is 0 Å². The van der Waals surface area contributed by atoms with E-state index in [-0.39, 0.29) is 11.8 Å². The highest BCUT2D eigenvalue weighted by atomic mass is 35.5. The third kappa shape index (κ3) is 1.90. The van der Waals surface area contributed by atoms with Gasteiger partial charge in [0.05, 0.1) is 0 Å². The van der Waals surface area contributed by atoms with Crippen LogP contribution in [-0.4, -0.2) is 34.9 Å². The van der Waals surface area contributed by atoms with Crippen molar-refractivity contribution in [2.24, 2.45) is 0 Å². The van der Waals surface area contributed by atoms with E-state index in [0.717, 1.165) is 12.8 Å². The second-order valence-electron chi connectivity index (χ2n) is 4.70. The van der Waals surface area contributed by atoms with Crippen molar-refractivity contribution in [3.8, 4) is 0 Å². The van der Waals surface area contributed by atoms with Crippen molar-refractivity contribution in [2.45, 2.75) is 18.8 Å². The van der Waals surface area contributed by atoms with Crippen LogP contribution in [0.3, 0.4) is 0 Å². The number of benzene rings is 1. The molecule has 2 amide bonds. The van der Waals surface area contributed by atoms with Crippen molar-refractivity contribution in [2.75, 3.05) is 13.1 Å². The molecule has 4 nitrogen and oxygen atoms in total. The molecule has 0 aromatic heterocycles. The largest absolute Gasteiger partial charge is 0.272 e. The molecule has 1 aromatic carbocycles. The highest BCUT2D eigenvalue weighted by Gasteiger charge is 2.48. The first kappa shape index (κ1) is 12.8. The van der Waals surface area contributed by atoms with Crippen molar-refractivity contribution in [1.82, 2.24) is 10.0 Å². The third-order valence-electron chi connectivity index (χ3n) is 3.57. The summed E-state index contributed by atoms with van der Waals surface area (Å²) in [6, 6.07) is 5.00. The molecule has 0 radical (unpaired) electrons. The number of halogens is 2. The van der Waals surface area contributed by atoms with Gasteiger partial charge in [-0.25, -0.2) is 0 Å². The van der Waals surface area contributed by atoms with Crippen LogP contribution in [0.15, 0.2) is 18.2 Å². The van der Waals surface area contributed by atoms with Gasteiger partial charge < -0.3 is 0 Å². The summed E-state index contributed by atoms with van der Waals surface area (Å²) in [5.74, 6) is -1.33. The molecular formula is C13H12Cl2N2O2. The Bertz CT molecular complexity index is 517. The fourth-order valence-electron chi connectivity index (χ4n) is 2.66. The molecule has 0 unspecified atom stereocenters. The zero-order valence-corrected chi connectivity index (χ0v) is 11.6. The van der Waals surface area contributed by atoms with E-state index in [0.29, 0.717) is 28.7 Å². The van der Waals surface area contributed by atoms with Crippen LogP contribution in [0.5, 0.6) is 0 Å². The third-order valence-corrected chi connectivity index (χ3v) is 4.23. The molecule has 0 atom stereocenters. The summed E-state index contributed by atoms with van der Waals surface area (Å²) in [6.45, 7) is 1.17. The van der Waals surface area contributed by atoms with Gasteiger partial charge in [0.1, 0.15) is 5.92 Å². The maximum absolute atomic E-state index is 12.4. The molecule has 0 N–H and O–H groups in total. The van der Waals surface area contributed by atoms with Crippen LogP contribution >= 0.6 is 23.2 Å². The molecule has 6 heteroatoms. The van der Waals surface area contributed by atoms with Gasteiger partial charge in [-0.3, -0.25) is 19.6 Å². The second kappa shape index (κ2) is 4.69. The molecule has 1 aromatic rings. The minimum atomic E-state index is -0.890. The van der Waals surface area contributed by atoms with E-state index < -0.39 is 5.92 Å². The lowest BCUT2D eigenvalue weighted by Crippen LogP contribution is -2.45. The van der Waals surface area contributed by atoms with E-state index in [1.807, 2.05) is 0 Å². The second-order valence-corrected chi connectivity index (χ2v) is 5.51. The van der Waals surface area contributed by atoms with Crippen LogP contribution in [0, 0.1) is 0 Å². The fraction of sp³-hybridized carbons (Fsp3) is 0.385. The van der Waals surface area contributed by atoms with Gasteiger partial charge in [0.15, 0.2) is 0 Å². The summed E-state index contributed by atoms with van der Waals surface area (Å²) in [5.41, 5.74) is 0.426. The molecule has 0 bridgehead atoms. The summed E-state index contributed by atoms with van der Waals surface area (Å²) in [5, 5.41) is 3.77. The number of hydrogen-bond acceptors (Lipinski definition) is 2. The van der Waals surface area contributed by atoms with Crippen molar-refractivity contribution in [1.29, 1.82) is 0 Å². The van der Waals surface area contributed by atoms with Crippen LogP contribution in [-0.2, 0) is 9.59 Å². The van der Waals surface area contributed by atoms with Crippen LogP contribution in [0.1, 0.15) is 24.3 Å². The van der Waals surface area contributed by atoms with Gasteiger partial charge in [-0.15, -0.1) is 0 Å². The van der Waals surface area contributed by atoms with Crippen molar-refractivity contribution >= 4 is 35.0 Å². The number of fused-ring (bicyclic) bond motifs is 1. The van der Waals surface area contributed by atoms with Gasteiger partial charge in [-0.05, 0) is 25.0 Å². The summed E-state index contributed by atoms with van der Waals surface area (Å²) in [6.07, 6.45) is 1.83. The zero-order valence-electron chi connectivity index (χ0n) is 10.1. The average molecular weight is 299 g/mol. The smallest absolute Gasteiger partial charge is 0.258 e. The molecule has 2 fully saturated rings. The lowest BCUT2D eigenvalue weighted by molar-refractivity contribution is -0.150. The molecule has 0 saturated carbocycles. The van der Waals surface area contributed by atoms with Crippen LogP contribution in [0.25, 0.3) is 0 Å². The summed E-state index contributed by atoms with van der Waals surface area (Å²) in [7, 11) is 0. The topological polar surface area (TPSA) is 40.6 Å². The molecule has 100 valence electrons. The Morgan fingerprint density at radius 1 is 0.947 bits per heavy atom. The Kier molecular flexibility index (Phi) is 3.15. The SMILES string of the molecule is O=C1C(c2c(Cl)cccc2Cl)C(=O)N2CCCCN12. The number of carbonyl (C=O) groups is 2. The van der Waals surface area contributed by atoms with Gasteiger partial charge >= 0.3 is 0 Å². The lowest BCUT2D eigenvalue weighted by Gasteiger charge is -2.31. The minimum Gasteiger partial charge on any atom is -0.272 e. The van der Waals surface area contributed by atoms with Gasteiger partial charge in [0.2, 0.25) is 0 Å². The molecule has 19 heavy (non-hydrogen) atoms. The Morgan fingerprint density at radius 3 is 1.89 bits per heavy atom. The van der Waals surface area contributed by atoms with E-state index >= 15 is 0 Å². The molecule has 3 rings (SSSR count). The summed E-state index contributed by atoms with van der Waals surface area (Å²) >= 11 is 12.2. The molecular weight excluding hydrogens is 287 g/mol. The Hall–Kier alpha value is -1.26. The Labute approximate surface area is 120 Å². The lowest BCUT2D eigenvalue weighted by atomic mass is 9.98. The van der Waals surface area contributed by atoms with Gasteiger partial charge in [-0.1, -0.05) is 29.3 Å². The van der Waals surface area contributed by atoms with E-state index in [1.165, 1.54) is 10.0 Å². The van der Waals surface area contributed by atoms with Crippen molar-refractivity contribution < 1.29 is 9.59 Å².